The van der Waals surface area contributed by atoms with Gasteiger partial charge in [0.2, 0.25) is 0 Å². The molecule has 0 amide bonds. The lowest BCUT2D eigenvalue weighted by Crippen LogP contribution is -2.61. The number of anilines is 1. The first-order chi connectivity index (χ1) is 10.5. The van der Waals surface area contributed by atoms with Crippen molar-refractivity contribution in [2.75, 3.05) is 19.0 Å². The molecule has 0 saturated carbocycles. The quantitative estimate of drug-likeness (QED) is 0.857. The molecule has 0 atom stereocenters. The standard InChI is InChI=1S/C18H26N2O3/c1-17(2)11-15(21)12-18(3,4)20(17)23-16(22)13-7-9-14(10-8-13)19(5)6/h7-10H,11-12H2,1-6H3. The Morgan fingerprint density at radius 2 is 1.52 bits per heavy atom. The molecule has 1 heterocycles. The number of hydrogen-bond donors (Lipinski definition) is 0. The molecule has 1 fully saturated rings. The highest BCUT2D eigenvalue weighted by Gasteiger charge is 2.47. The fourth-order valence-corrected chi connectivity index (χ4v) is 3.27. The zero-order chi connectivity index (χ0) is 17.4. The molecule has 1 aliphatic heterocycles. The second-order valence-electron chi connectivity index (χ2n) is 7.63. The summed E-state index contributed by atoms with van der Waals surface area (Å²) in [5.74, 6) is -0.201. The van der Waals surface area contributed by atoms with E-state index >= 15 is 0 Å². The molecule has 0 bridgehead atoms. The third-order valence-corrected chi connectivity index (χ3v) is 4.15. The van der Waals surface area contributed by atoms with Crippen molar-refractivity contribution in [2.45, 2.75) is 51.6 Å². The minimum atomic E-state index is -0.516. The van der Waals surface area contributed by atoms with E-state index < -0.39 is 17.0 Å². The second kappa shape index (κ2) is 5.96. The normalized spacial score (nSPS) is 20.2. The second-order valence-corrected chi connectivity index (χ2v) is 7.63. The van der Waals surface area contributed by atoms with Crippen molar-refractivity contribution in [3.63, 3.8) is 0 Å². The monoisotopic (exact) mass is 318 g/mol. The van der Waals surface area contributed by atoms with Crippen LogP contribution in [0.25, 0.3) is 0 Å². The number of Topliss-reactive ketones (excluding diaryl/α,β-unsaturated/α-hetero) is 1. The smallest absolute Gasteiger partial charge is 0.357 e. The number of nitrogens with zero attached hydrogens (tertiary/aromatic N) is 2. The average Bonchev–Trinajstić information content (AvgIpc) is 2.41. The van der Waals surface area contributed by atoms with Gasteiger partial charge in [0, 0.05) is 32.6 Å². The van der Waals surface area contributed by atoms with Crippen molar-refractivity contribution in [3.05, 3.63) is 29.8 Å². The molecule has 0 N–H and O–H groups in total. The van der Waals surface area contributed by atoms with E-state index in [0.717, 1.165) is 5.69 Å². The van der Waals surface area contributed by atoms with Gasteiger partial charge in [-0.1, -0.05) is 0 Å². The number of hydroxylamine groups is 2. The summed E-state index contributed by atoms with van der Waals surface area (Å²) in [6.07, 6.45) is 0.757. The van der Waals surface area contributed by atoms with E-state index in [1.54, 1.807) is 17.2 Å². The Hall–Kier alpha value is -1.88. The summed E-state index contributed by atoms with van der Waals surface area (Å²) in [6, 6.07) is 7.28. The van der Waals surface area contributed by atoms with Gasteiger partial charge >= 0.3 is 5.97 Å². The van der Waals surface area contributed by atoms with E-state index in [0.29, 0.717) is 18.4 Å². The molecule has 126 valence electrons. The lowest BCUT2D eigenvalue weighted by atomic mass is 9.81. The van der Waals surface area contributed by atoms with E-state index in [4.69, 9.17) is 4.84 Å². The molecular weight excluding hydrogens is 292 g/mol. The molecule has 0 unspecified atom stereocenters. The molecule has 0 aliphatic carbocycles. The summed E-state index contributed by atoms with van der Waals surface area (Å²) in [5, 5.41) is 1.68. The number of carbonyl (C=O) groups is 2. The van der Waals surface area contributed by atoms with Gasteiger partial charge in [0.25, 0.3) is 0 Å². The van der Waals surface area contributed by atoms with Gasteiger partial charge in [-0.15, -0.1) is 5.06 Å². The zero-order valence-electron chi connectivity index (χ0n) is 14.8. The average molecular weight is 318 g/mol. The van der Waals surface area contributed by atoms with Crippen molar-refractivity contribution >= 4 is 17.4 Å². The van der Waals surface area contributed by atoms with Crippen LogP contribution < -0.4 is 4.90 Å². The highest BCUT2D eigenvalue weighted by molar-refractivity contribution is 5.90. The van der Waals surface area contributed by atoms with E-state index in [9.17, 15) is 9.59 Å². The first-order valence-corrected chi connectivity index (χ1v) is 7.85. The molecule has 0 spiro atoms. The molecule has 0 aromatic heterocycles. The lowest BCUT2D eigenvalue weighted by Gasteiger charge is -2.49. The van der Waals surface area contributed by atoms with Crippen LogP contribution >= 0.6 is 0 Å². The van der Waals surface area contributed by atoms with Gasteiger partial charge < -0.3 is 9.74 Å². The van der Waals surface area contributed by atoms with Crippen molar-refractivity contribution in [3.8, 4) is 0 Å². The zero-order valence-corrected chi connectivity index (χ0v) is 14.8. The SMILES string of the molecule is CN(C)c1ccc(C(=O)ON2C(C)(C)CC(=O)CC2(C)C)cc1. The Bertz CT molecular complexity index is 583. The summed E-state index contributed by atoms with van der Waals surface area (Å²) < 4.78 is 0. The van der Waals surface area contributed by atoms with Crippen molar-refractivity contribution in [1.29, 1.82) is 0 Å². The predicted octanol–water partition coefficient (Wildman–Crippen LogP) is 3.05. The van der Waals surface area contributed by atoms with Gasteiger partial charge in [0.1, 0.15) is 5.78 Å². The van der Waals surface area contributed by atoms with Crippen molar-refractivity contribution in [2.24, 2.45) is 0 Å². The highest BCUT2D eigenvalue weighted by atomic mass is 16.7. The van der Waals surface area contributed by atoms with Gasteiger partial charge in [-0.3, -0.25) is 4.79 Å². The van der Waals surface area contributed by atoms with Crippen LogP contribution in [-0.2, 0) is 9.63 Å². The maximum atomic E-state index is 12.5. The van der Waals surface area contributed by atoms with E-state index in [1.807, 2.05) is 58.8 Å². The van der Waals surface area contributed by atoms with Gasteiger partial charge in [-0.2, -0.15) is 0 Å². The van der Waals surface area contributed by atoms with Crippen LogP contribution in [0.3, 0.4) is 0 Å². The van der Waals surface area contributed by atoms with E-state index in [2.05, 4.69) is 0 Å². The molecule has 5 heteroatoms. The van der Waals surface area contributed by atoms with Crippen LogP contribution in [0, 0.1) is 0 Å². The Balaban J connectivity index is 2.19. The Labute approximate surface area is 138 Å². The minimum Gasteiger partial charge on any atom is -0.378 e. The Morgan fingerprint density at radius 3 is 1.96 bits per heavy atom. The molecule has 23 heavy (non-hydrogen) atoms. The van der Waals surface area contributed by atoms with Crippen molar-refractivity contribution in [1.82, 2.24) is 5.06 Å². The molecule has 1 aromatic rings. The molecule has 0 radical (unpaired) electrons. The largest absolute Gasteiger partial charge is 0.378 e. The van der Waals surface area contributed by atoms with Crippen LogP contribution in [0.2, 0.25) is 0 Å². The van der Waals surface area contributed by atoms with E-state index in [1.165, 1.54) is 0 Å². The summed E-state index contributed by atoms with van der Waals surface area (Å²) in [4.78, 5) is 32.1. The van der Waals surface area contributed by atoms with E-state index in [-0.39, 0.29) is 5.78 Å². The number of rotatable bonds is 3. The van der Waals surface area contributed by atoms with Gasteiger partial charge in [0.05, 0.1) is 16.6 Å². The van der Waals surface area contributed by atoms with Gasteiger partial charge in [-0.25, -0.2) is 4.79 Å². The first kappa shape index (κ1) is 17.5. The van der Waals surface area contributed by atoms with Gasteiger partial charge in [0.15, 0.2) is 0 Å². The third-order valence-electron chi connectivity index (χ3n) is 4.15. The van der Waals surface area contributed by atoms with Crippen LogP contribution in [0.4, 0.5) is 5.69 Å². The topological polar surface area (TPSA) is 49.9 Å². The fourth-order valence-electron chi connectivity index (χ4n) is 3.27. The Morgan fingerprint density at radius 1 is 1.04 bits per heavy atom. The maximum Gasteiger partial charge on any atom is 0.357 e. The van der Waals surface area contributed by atoms with Crippen LogP contribution in [0.5, 0.6) is 0 Å². The summed E-state index contributed by atoms with van der Waals surface area (Å²) in [6.45, 7) is 7.70. The minimum absolute atomic E-state index is 0.197. The number of benzene rings is 1. The number of hydrogen-bond acceptors (Lipinski definition) is 5. The predicted molar refractivity (Wildman–Crippen MR) is 90.4 cm³/mol. The Kier molecular flexibility index (Phi) is 4.53. The van der Waals surface area contributed by atoms with Crippen molar-refractivity contribution < 1.29 is 14.4 Å². The molecular formula is C18H26N2O3. The summed E-state index contributed by atoms with van der Waals surface area (Å²) in [5.41, 5.74) is 0.487. The molecule has 5 nitrogen and oxygen atoms in total. The molecule has 1 aromatic carbocycles. The fraction of sp³-hybridized carbons (Fsp3) is 0.556. The number of ketones is 1. The van der Waals surface area contributed by atoms with Crippen LogP contribution in [-0.4, -0.2) is 42.0 Å². The highest BCUT2D eigenvalue weighted by Crippen LogP contribution is 2.37. The molecule has 1 aliphatic rings. The maximum absolute atomic E-state index is 12.5. The molecule has 2 rings (SSSR count). The van der Waals surface area contributed by atoms with Crippen LogP contribution in [0.15, 0.2) is 24.3 Å². The summed E-state index contributed by atoms with van der Waals surface area (Å²) >= 11 is 0. The number of piperidine rings is 1. The lowest BCUT2D eigenvalue weighted by molar-refractivity contribution is -0.236. The van der Waals surface area contributed by atoms with Gasteiger partial charge in [-0.05, 0) is 52.0 Å². The summed E-state index contributed by atoms with van der Waals surface area (Å²) in [7, 11) is 3.90. The number of carbonyl (C=O) groups excluding carboxylic acids is 2. The van der Waals surface area contributed by atoms with Crippen LogP contribution in [0.1, 0.15) is 50.9 Å². The third kappa shape index (κ3) is 3.72. The first-order valence-electron chi connectivity index (χ1n) is 7.85. The molecule has 1 saturated heterocycles.